The van der Waals surface area contributed by atoms with Crippen LogP contribution in [-0.4, -0.2) is 16.9 Å². The van der Waals surface area contributed by atoms with E-state index in [1.54, 1.807) is 0 Å². The van der Waals surface area contributed by atoms with Gasteiger partial charge in [-0.15, -0.1) is 0 Å². The van der Waals surface area contributed by atoms with E-state index in [0.717, 1.165) is 25.8 Å². The Morgan fingerprint density at radius 3 is 2.40 bits per heavy atom. The molecule has 1 saturated carbocycles. The number of carbonyl (C=O) groups excluding carboxylic acids is 1. The van der Waals surface area contributed by atoms with Crippen molar-refractivity contribution in [2.24, 2.45) is 5.92 Å². The molecule has 1 aliphatic rings. The van der Waals surface area contributed by atoms with E-state index in [1.165, 1.54) is 36.5 Å². The highest BCUT2D eigenvalue weighted by atomic mass is 127. The molecule has 1 aliphatic carbocycles. The lowest BCUT2D eigenvalue weighted by molar-refractivity contribution is -0.125. The van der Waals surface area contributed by atoms with Crippen molar-refractivity contribution < 1.29 is 4.79 Å². The summed E-state index contributed by atoms with van der Waals surface area (Å²) < 4.78 is 1.19. The molecule has 0 spiro atoms. The van der Waals surface area contributed by atoms with Gasteiger partial charge in [0.2, 0.25) is 5.91 Å². The van der Waals surface area contributed by atoms with Gasteiger partial charge < -0.3 is 5.32 Å². The Kier molecular flexibility index (Phi) is 7.40. The van der Waals surface area contributed by atoms with Gasteiger partial charge in [0.05, 0.1) is 0 Å². The van der Waals surface area contributed by atoms with Gasteiger partial charge in [0.1, 0.15) is 0 Å². The van der Waals surface area contributed by atoms with Gasteiger partial charge in [0.15, 0.2) is 0 Å². The summed E-state index contributed by atoms with van der Waals surface area (Å²) in [6, 6.07) is 0. The molecule has 1 rings (SSSR count). The minimum atomic E-state index is 0.311. The van der Waals surface area contributed by atoms with E-state index in [0.29, 0.717) is 11.8 Å². The maximum atomic E-state index is 11.8. The number of alkyl halides is 1. The molecule has 0 aromatic heterocycles. The molecule has 0 bridgehead atoms. The van der Waals surface area contributed by atoms with Gasteiger partial charge >= 0.3 is 0 Å². The minimum absolute atomic E-state index is 0.311. The predicted octanol–water partition coefficient (Wildman–Crippen LogP) is 3.29. The van der Waals surface area contributed by atoms with E-state index in [-0.39, 0.29) is 0 Å². The molecule has 0 heterocycles. The fourth-order valence-electron chi connectivity index (χ4n) is 2.12. The molecule has 0 atom stereocenters. The van der Waals surface area contributed by atoms with Crippen molar-refractivity contribution in [2.75, 3.05) is 11.0 Å². The zero-order valence-electron chi connectivity index (χ0n) is 9.43. The first-order chi connectivity index (χ1) is 7.34. The third-order valence-electron chi connectivity index (χ3n) is 3.09. The third kappa shape index (κ3) is 5.73. The van der Waals surface area contributed by atoms with E-state index in [4.69, 9.17) is 0 Å². The highest BCUT2D eigenvalue weighted by Gasteiger charge is 2.19. The molecule has 0 aromatic rings. The quantitative estimate of drug-likeness (QED) is 0.358. The number of hydrogen-bond acceptors (Lipinski definition) is 1. The maximum Gasteiger partial charge on any atom is 0.223 e. The van der Waals surface area contributed by atoms with Crippen molar-refractivity contribution in [3.05, 3.63) is 0 Å². The van der Waals surface area contributed by atoms with Gasteiger partial charge in [-0.2, -0.15) is 0 Å². The van der Waals surface area contributed by atoms with Gasteiger partial charge in [-0.3, -0.25) is 4.79 Å². The predicted molar refractivity (Wildman–Crippen MR) is 72.3 cm³/mol. The SMILES string of the molecule is O=C(NCCCCI)C1CCCCCC1. The second-order valence-corrected chi connectivity index (χ2v) is 5.45. The molecule has 15 heavy (non-hydrogen) atoms. The standard InChI is InChI=1S/C12H22INO/c13-9-5-6-10-14-12(15)11-7-3-1-2-4-8-11/h11H,1-10H2,(H,14,15). The molecule has 3 heteroatoms. The summed E-state index contributed by atoms with van der Waals surface area (Å²) in [5.41, 5.74) is 0. The lowest BCUT2D eigenvalue weighted by Gasteiger charge is -2.13. The van der Waals surface area contributed by atoms with Crippen molar-refractivity contribution >= 4 is 28.5 Å². The summed E-state index contributed by atoms with van der Waals surface area (Å²) in [6.07, 6.45) is 9.68. The van der Waals surface area contributed by atoms with Crippen LogP contribution in [0.3, 0.4) is 0 Å². The molecule has 0 aromatic carbocycles. The average molecular weight is 323 g/mol. The summed E-state index contributed by atoms with van der Waals surface area (Å²) in [4.78, 5) is 11.8. The Balaban J connectivity index is 2.14. The second-order valence-electron chi connectivity index (χ2n) is 4.38. The molecule has 0 unspecified atom stereocenters. The number of halogens is 1. The normalized spacial score (nSPS) is 18.5. The monoisotopic (exact) mass is 323 g/mol. The van der Waals surface area contributed by atoms with Gasteiger partial charge in [-0.05, 0) is 30.1 Å². The molecule has 0 saturated heterocycles. The number of unbranched alkanes of at least 4 members (excludes halogenated alkanes) is 1. The first-order valence-corrected chi connectivity index (χ1v) is 7.71. The van der Waals surface area contributed by atoms with Crippen LogP contribution in [0, 0.1) is 5.92 Å². The van der Waals surface area contributed by atoms with Crippen LogP contribution in [0.1, 0.15) is 51.4 Å². The van der Waals surface area contributed by atoms with Gasteiger partial charge in [0.25, 0.3) is 0 Å². The number of nitrogens with one attached hydrogen (secondary N) is 1. The van der Waals surface area contributed by atoms with Crippen LogP contribution < -0.4 is 5.32 Å². The van der Waals surface area contributed by atoms with Crippen LogP contribution in [0.2, 0.25) is 0 Å². The highest BCUT2D eigenvalue weighted by Crippen LogP contribution is 2.22. The fourth-order valence-corrected chi connectivity index (χ4v) is 2.66. The molecule has 0 radical (unpaired) electrons. The zero-order valence-corrected chi connectivity index (χ0v) is 11.6. The van der Waals surface area contributed by atoms with E-state index in [9.17, 15) is 4.79 Å². The number of amides is 1. The Labute approximate surface area is 107 Å². The van der Waals surface area contributed by atoms with Crippen molar-refractivity contribution in [3.63, 3.8) is 0 Å². The van der Waals surface area contributed by atoms with Crippen molar-refractivity contribution in [1.29, 1.82) is 0 Å². The molecule has 1 N–H and O–H groups in total. The zero-order chi connectivity index (χ0) is 10.9. The summed E-state index contributed by atoms with van der Waals surface area (Å²) in [5, 5.41) is 3.07. The van der Waals surface area contributed by atoms with Crippen molar-refractivity contribution in [3.8, 4) is 0 Å². The first kappa shape index (κ1) is 13.3. The van der Waals surface area contributed by atoms with Gasteiger partial charge in [0, 0.05) is 12.5 Å². The summed E-state index contributed by atoms with van der Waals surface area (Å²) in [6.45, 7) is 0.873. The van der Waals surface area contributed by atoms with E-state index in [2.05, 4.69) is 27.9 Å². The Hall–Kier alpha value is 0.200. The van der Waals surface area contributed by atoms with Gasteiger partial charge in [-0.1, -0.05) is 48.3 Å². The Morgan fingerprint density at radius 1 is 1.13 bits per heavy atom. The van der Waals surface area contributed by atoms with Crippen LogP contribution in [0.5, 0.6) is 0 Å². The number of hydrogen-bond donors (Lipinski definition) is 1. The molecular formula is C12H22INO. The van der Waals surface area contributed by atoms with Crippen LogP contribution in [0.15, 0.2) is 0 Å². The average Bonchev–Trinajstić information content (AvgIpc) is 2.52. The topological polar surface area (TPSA) is 29.1 Å². The number of carbonyl (C=O) groups is 1. The second kappa shape index (κ2) is 8.36. The van der Waals surface area contributed by atoms with Crippen LogP contribution in [0.25, 0.3) is 0 Å². The lowest BCUT2D eigenvalue weighted by atomic mass is 9.99. The van der Waals surface area contributed by atoms with Crippen LogP contribution >= 0.6 is 22.6 Å². The minimum Gasteiger partial charge on any atom is -0.356 e. The first-order valence-electron chi connectivity index (χ1n) is 6.18. The summed E-state index contributed by atoms with van der Waals surface area (Å²) >= 11 is 2.38. The molecule has 0 aliphatic heterocycles. The highest BCUT2D eigenvalue weighted by molar-refractivity contribution is 14.1. The molecule has 1 fully saturated rings. The largest absolute Gasteiger partial charge is 0.356 e. The Morgan fingerprint density at radius 2 is 1.80 bits per heavy atom. The number of rotatable bonds is 5. The van der Waals surface area contributed by atoms with Crippen LogP contribution in [0.4, 0.5) is 0 Å². The maximum absolute atomic E-state index is 11.8. The Bertz CT molecular complexity index is 176. The van der Waals surface area contributed by atoms with Crippen molar-refractivity contribution in [1.82, 2.24) is 5.32 Å². The lowest BCUT2D eigenvalue weighted by Crippen LogP contribution is -2.31. The fraction of sp³-hybridized carbons (Fsp3) is 0.917. The summed E-state index contributed by atoms with van der Waals surface area (Å²) in [7, 11) is 0. The molecule has 1 amide bonds. The third-order valence-corrected chi connectivity index (χ3v) is 3.85. The van der Waals surface area contributed by atoms with E-state index >= 15 is 0 Å². The van der Waals surface area contributed by atoms with Crippen molar-refractivity contribution in [2.45, 2.75) is 51.4 Å². The van der Waals surface area contributed by atoms with E-state index in [1.807, 2.05) is 0 Å². The van der Waals surface area contributed by atoms with Gasteiger partial charge in [-0.25, -0.2) is 0 Å². The molecule has 2 nitrogen and oxygen atoms in total. The van der Waals surface area contributed by atoms with Crippen LogP contribution in [-0.2, 0) is 4.79 Å². The summed E-state index contributed by atoms with van der Waals surface area (Å²) in [5.74, 6) is 0.623. The smallest absolute Gasteiger partial charge is 0.223 e. The molecular weight excluding hydrogens is 301 g/mol. The molecule has 88 valence electrons. The van der Waals surface area contributed by atoms with E-state index < -0.39 is 0 Å².